The molecule has 0 amide bonds. The smallest absolute Gasteiger partial charge is 0.328 e. The van der Waals surface area contributed by atoms with Gasteiger partial charge in [0.2, 0.25) is 0 Å². The highest BCUT2D eigenvalue weighted by molar-refractivity contribution is 5.80. The van der Waals surface area contributed by atoms with Crippen LogP contribution < -0.4 is 5.32 Å². The van der Waals surface area contributed by atoms with Crippen LogP contribution in [0.25, 0.3) is 5.69 Å². The van der Waals surface area contributed by atoms with Crippen LogP contribution in [0.3, 0.4) is 0 Å². The molecule has 0 bridgehead atoms. The highest BCUT2D eigenvalue weighted by Crippen LogP contribution is 2.25. The van der Waals surface area contributed by atoms with Crippen molar-refractivity contribution in [3.8, 4) is 5.69 Å². The van der Waals surface area contributed by atoms with Gasteiger partial charge in [0.25, 0.3) is 5.69 Å². The molecule has 1 heterocycles. The number of aromatic nitrogens is 1. The van der Waals surface area contributed by atoms with Crippen LogP contribution in [0.4, 0.5) is 11.4 Å². The number of hydrogen-bond donors (Lipinski definition) is 1. The summed E-state index contributed by atoms with van der Waals surface area (Å²) < 4.78 is 7.28. The van der Waals surface area contributed by atoms with Crippen LogP contribution in [0.15, 0.2) is 73.1 Å². The first kappa shape index (κ1) is 21.1. The van der Waals surface area contributed by atoms with Gasteiger partial charge in [0.05, 0.1) is 10.6 Å². The Balaban J connectivity index is 1.81. The van der Waals surface area contributed by atoms with E-state index in [1.54, 1.807) is 10.6 Å². The summed E-state index contributed by atoms with van der Waals surface area (Å²) in [6, 6.07) is 17.2. The first-order chi connectivity index (χ1) is 14.4. The standard InChI is InChI=1S/C23H25N3O4/c1-17(2)12-22(23(27)30-16-18-8-4-3-5-9-18)24-19-13-20(25-10-6-7-11-25)15-21(14-19)26(28)29/h3-11,13-15,17,22,24H,12,16H2,1-2H3. The maximum Gasteiger partial charge on any atom is 0.328 e. The third-order valence-corrected chi connectivity index (χ3v) is 4.57. The Bertz CT molecular complexity index is 985. The summed E-state index contributed by atoms with van der Waals surface area (Å²) in [6.45, 7) is 4.20. The van der Waals surface area contributed by atoms with Crippen molar-refractivity contribution in [3.05, 3.63) is 88.7 Å². The van der Waals surface area contributed by atoms with Crippen molar-refractivity contribution in [1.82, 2.24) is 4.57 Å². The molecular weight excluding hydrogens is 382 g/mol. The predicted octanol–water partition coefficient (Wildman–Crippen LogP) is 4.96. The monoisotopic (exact) mass is 407 g/mol. The topological polar surface area (TPSA) is 86.4 Å². The second-order valence-corrected chi connectivity index (χ2v) is 7.51. The number of nitro benzene ring substituents is 1. The number of carbonyl (C=O) groups is 1. The molecule has 156 valence electrons. The maximum atomic E-state index is 12.8. The Labute approximate surface area is 175 Å². The fourth-order valence-corrected chi connectivity index (χ4v) is 3.16. The van der Waals surface area contributed by atoms with E-state index >= 15 is 0 Å². The molecule has 0 spiro atoms. The van der Waals surface area contributed by atoms with Crippen molar-refractivity contribution < 1.29 is 14.5 Å². The van der Waals surface area contributed by atoms with Crippen molar-refractivity contribution in [2.24, 2.45) is 5.92 Å². The van der Waals surface area contributed by atoms with Gasteiger partial charge in [-0.15, -0.1) is 0 Å². The molecule has 7 nitrogen and oxygen atoms in total. The van der Waals surface area contributed by atoms with Gasteiger partial charge in [-0.05, 0) is 36.1 Å². The summed E-state index contributed by atoms with van der Waals surface area (Å²) in [7, 11) is 0. The largest absolute Gasteiger partial charge is 0.459 e. The molecule has 0 fully saturated rings. The van der Waals surface area contributed by atoms with Gasteiger partial charge in [0.15, 0.2) is 0 Å². The summed E-state index contributed by atoms with van der Waals surface area (Å²) in [5, 5.41) is 14.6. The fraction of sp³-hybridized carbons (Fsp3) is 0.261. The van der Waals surface area contributed by atoms with Gasteiger partial charge in [-0.25, -0.2) is 4.79 Å². The number of anilines is 1. The molecular formula is C23H25N3O4. The first-order valence-corrected chi connectivity index (χ1v) is 9.82. The lowest BCUT2D eigenvalue weighted by molar-refractivity contribution is -0.384. The molecule has 0 aliphatic rings. The minimum Gasteiger partial charge on any atom is -0.459 e. The number of hydrogen-bond acceptors (Lipinski definition) is 5. The first-order valence-electron chi connectivity index (χ1n) is 9.82. The van der Waals surface area contributed by atoms with Crippen LogP contribution >= 0.6 is 0 Å². The van der Waals surface area contributed by atoms with E-state index in [9.17, 15) is 14.9 Å². The van der Waals surface area contributed by atoms with E-state index in [-0.39, 0.29) is 24.2 Å². The second-order valence-electron chi connectivity index (χ2n) is 7.51. The summed E-state index contributed by atoms with van der Waals surface area (Å²) in [5.41, 5.74) is 1.98. The molecule has 0 aliphatic heterocycles. The summed E-state index contributed by atoms with van der Waals surface area (Å²) >= 11 is 0. The minimum absolute atomic E-state index is 0.0513. The van der Waals surface area contributed by atoms with Crippen molar-refractivity contribution in [1.29, 1.82) is 0 Å². The van der Waals surface area contributed by atoms with Crippen molar-refractivity contribution in [2.75, 3.05) is 5.32 Å². The number of nitrogens with zero attached hydrogens (tertiary/aromatic N) is 2. The van der Waals surface area contributed by atoms with E-state index in [4.69, 9.17) is 4.74 Å². The quantitative estimate of drug-likeness (QED) is 0.308. The van der Waals surface area contributed by atoms with Crippen LogP contribution in [-0.2, 0) is 16.1 Å². The molecule has 1 aromatic heterocycles. The lowest BCUT2D eigenvalue weighted by Crippen LogP contribution is -2.32. The molecule has 7 heteroatoms. The molecule has 1 unspecified atom stereocenters. The molecule has 1 N–H and O–H groups in total. The zero-order valence-corrected chi connectivity index (χ0v) is 17.0. The Morgan fingerprint density at radius 1 is 1.10 bits per heavy atom. The third-order valence-electron chi connectivity index (χ3n) is 4.57. The van der Waals surface area contributed by atoms with E-state index in [1.807, 2.05) is 68.7 Å². The number of rotatable bonds is 9. The molecule has 0 aliphatic carbocycles. The molecule has 0 saturated carbocycles. The number of carbonyl (C=O) groups excluding carboxylic acids is 1. The third kappa shape index (κ3) is 5.70. The Morgan fingerprint density at radius 3 is 2.43 bits per heavy atom. The Hall–Kier alpha value is -3.61. The van der Waals surface area contributed by atoms with E-state index in [0.29, 0.717) is 17.8 Å². The van der Waals surface area contributed by atoms with Crippen molar-refractivity contribution in [2.45, 2.75) is 32.9 Å². The van der Waals surface area contributed by atoms with Gasteiger partial charge in [-0.2, -0.15) is 0 Å². The highest BCUT2D eigenvalue weighted by atomic mass is 16.6. The normalized spacial score (nSPS) is 11.8. The summed E-state index contributed by atoms with van der Waals surface area (Å²) in [6.07, 6.45) is 4.15. The van der Waals surface area contributed by atoms with E-state index < -0.39 is 11.0 Å². The van der Waals surface area contributed by atoms with Gasteiger partial charge >= 0.3 is 5.97 Å². The van der Waals surface area contributed by atoms with E-state index in [2.05, 4.69) is 5.32 Å². The van der Waals surface area contributed by atoms with Crippen LogP contribution in [0, 0.1) is 16.0 Å². The van der Waals surface area contributed by atoms with Crippen LogP contribution in [-0.4, -0.2) is 21.5 Å². The second kappa shape index (κ2) is 9.73. The van der Waals surface area contributed by atoms with Crippen molar-refractivity contribution >= 4 is 17.3 Å². The van der Waals surface area contributed by atoms with Gasteiger partial charge in [0, 0.05) is 30.2 Å². The number of nitro groups is 1. The summed E-state index contributed by atoms with van der Waals surface area (Å²) in [5.74, 6) is -0.157. The SMILES string of the molecule is CC(C)CC(Nc1cc(-n2cccc2)cc([N+](=O)[O-])c1)C(=O)OCc1ccccc1. The average molecular weight is 407 g/mol. The Morgan fingerprint density at radius 2 is 1.80 bits per heavy atom. The number of benzene rings is 2. The number of nitrogens with one attached hydrogen (secondary N) is 1. The molecule has 0 radical (unpaired) electrons. The van der Waals surface area contributed by atoms with Crippen LogP contribution in [0.5, 0.6) is 0 Å². The van der Waals surface area contributed by atoms with Crippen molar-refractivity contribution in [3.63, 3.8) is 0 Å². The van der Waals surface area contributed by atoms with Crippen LogP contribution in [0.1, 0.15) is 25.8 Å². The molecule has 2 aromatic carbocycles. The van der Waals surface area contributed by atoms with Gasteiger partial charge in [-0.1, -0.05) is 44.2 Å². The number of esters is 1. The van der Waals surface area contributed by atoms with Crippen LogP contribution in [0.2, 0.25) is 0 Å². The zero-order valence-electron chi connectivity index (χ0n) is 17.0. The molecule has 30 heavy (non-hydrogen) atoms. The van der Waals surface area contributed by atoms with E-state index in [1.165, 1.54) is 12.1 Å². The highest BCUT2D eigenvalue weighted by Gasteiger charge is 2.23. The number of ether oxygens (including phenoxy) is 1. The molecule has 1 atom stereocenters. The minimum atomic E-state index is -0.617. The summed E-state index contributed by atoms with van der Waals surface area (Å²) in [4.78, 5) is 23.7. The number of non-ortho nitro benzene ring substituents is 1. The fourth-order valence-electron chi connectivity index (χ4n) is 3.16. The van der Waals surface area contributed by atoms with Gasteiger partial charge in [0.1, 0.15) is 12.6 Å². The molecule has 3 aromatic rings. The predicted molar refractivity (Wildman–Crippen MR) is 116 cm³/mol. The Kier molecular flexibility index (Phi) is 6.85. The lowest BCUT2D eigenvalue weighted by Gasteiger charge is -2.21. The van der Waals surface area contributed by atoms with Gasteiger partial charge < -0.3 is 14.6 Å². The lowest BCUT2D eigenvalue weighted by atomic mass is 10.0. The maximum absolute atomic E-state index is 12.8. The van der Waals surface area contributed by atoms with Gasteiger partial charge in [-0.3, -0.25) is 10.1 Å². The van der Waals surface area contributed by atoms with E-state index in [0.717, 1.165) is 5.56 Å². The molecule has 0 saturated heterocycles. The zero-order chi connectivity index (χ0) is 21.5. The average Bonchev–Trinajstić information content (AvgIpc) is 3.26. The molecule has 3 rings (SSSR count).